The van der Waals surface area contributed by atoms with Crippen LogP contribution >= 0.6 is 11.8 Å². The number of likely N-dealkylation sites (N-methyl/N-ethyl adjacent to an activating group) is 1. The monoisotopic (exact) mass is 440 g/mol. The standard InChI is InChI=1S/C25H36N4OS/c1-5-28(6-2)22-11-7-20(8-12-22)17-29-18-21(15-24(29)25(30)26-3)27-16-19-9-13-23(31-4)14-10-19/h7-14,21,24,27H,5-6,15-18H2,1-4H3,(H,26,30)/t21-,24-/m0/s1. The van der Waals surface area contributed by atoms with Crippen molar-refractivity contribution in [2.24, 2.45) is 0 Å². The van der Waals surface area contributed by atoms with E-state index in [2.05, 4.69) is 89.1 Å². The van der Waals surface area contributed by atoms with Gasteiger partial charge in [-0.05, 0) is 61.9 Å². The summed E-state index contributed by atoms with van der Waals surface area (Å²) in [5, 5.41) is 6.52. The Labute approximate surface area is 191 Å². The van der Waals surface area contributed by atoms with Gasteiger partial charge in [0.1, 0.15) is 0 Å². The zero-order chi connectivity index (χ0) is 22.2. The lowest BCUT2D eigenvalue weighted by Gasteiger charge is -2.24. The van der Waals surface area contributed by atoms with Crippen LogP contribution in [-0.4, -0.2) is 55.8 Å². The fourth-order valence-corrected chi connectivity index (χ4v) is 4.71. The average molecular weight is 441 g/mol. The van der Waals surface area contributed by atoms with E-state index in [1.54, 1.807) is 18.8 Å². The van der Waals surface area contributed by atoms with E-state index in [0.29, 0.717) is 6.04 Å². The normalized spacial score (nSPS) is 18.8. The van der Waals surface area contributed by atoms with Gasteiger partial charge in [-0.3, -0.25) is 9.69 Å². The highest BCUT2D eigenvalue weighted by molar-refractivity contribution is 7.98. The van der Waals surface area contributed by atoms with Crippen LogP contribution in [-0.2, 0) is 17.9 Å². The van der Waals surface area contributed by atoms with Crippen LogP contribution < -0.4 is 15.5 Å². The van der Waals surface area contributed by atoms with Crippen molar-refractivity contribution in [3.63, 3.8) is 0 Å². The maximum Gasteiger partial charge on any atom is 0.237 e. The van der Waals surface area contributed by atoms with Gasteiger partial charge in [0.2, 0.25) is 5.91 Å². The quantitative estimate of drug-likeness (QED) is 0.551. The van der Waals surface area contributed by atoms with Crippen molar-refractivity contribution < 1.29 is 4.79 Å². The molecule has 2 N–H and O–H groups in total. The second-order valence-electron chi connectivity index (χ2n) is 8.06. The number of rotatable bonds is 10. The number of carbonyl (C=O) groups excluding carboxylic acids is 1. The first-order valence-electron chi connectivity index (χ1n) is 11.2. The number of thioether (sulfide) groups is 1. The summed E-state index contributed by atoms with van der Waals surface area (Å²) in [6.07, 6.45) is 2.93. The number of anilines is 1. The van der Waals surface area contributed by atoms with Crippen LogP contribution in [0.1, 0.15) is 31.4 Å². The van der Waals surface area contributed by atoms with Gasteiger partial charge in [0.25, 0.3) is 0 Å². The molecule has 1 aliphatic rings. The SMILES string of the molecule is CCN(CC)c1ccc(CN2C[C@@H](NCc3ccc(SC)cc3)C[C@H]2C(=O)NC)cc1. The molecule has 0 bridgehead atoms. The lowest BCUT2D eigenvalue weighted by molar-refractivity contribution is -0.125. The number of likely N-dealkylation sites (tertiary alicyclic amines) is 1. The molecule has 0 aliphatic carbocycles. The van der Waals surface area contributed by atoms with E-state index in [1.807, 2.05) is 0 Å². The van der Waals surface area contributed by atoms with Gasteiger partial charge in [-0.25, -0.2) is 0 Å². The summed E-state index contributed by atoms with van der Waals surface area (Å²) in [7, 11) is 1.73. The van der Waals surface area contributed by atoms with Gasteiger partial charge in [0, 0.05) is 56.4 Å². The molecule has 1 fully saturated rings. The summed E-state index contributed by atoms with van der Waals surface area (Å²) < 4.78 is 0. The van der Waals surface area contributed by atoms with E-state index >= 15 is 0 Å². The van der Waals surface area contributed by atoms with Crippen molar-refractivity contribution in [2.75, 3.05) is 37.8 Å². The van der Waals surface area contributed by atoms with Crippen molar-refractivity contribution in [1.82, 2.24) is 15.5 Å². The Bertz CT molecular complexity index is 820. The lowest BCUT2D eigenvalue weighted by Crippen LogP contribution is -2.41. The molecule has 5 nitrogen and oxygen atoms in total. The maximum absolute atomic E-state index is 12.5. The molecule has 0 spiro atoms. The lowest BCUT2D eigenvalue weighted by atomic mass is 10.1. The molecule has 2 aromatic carbocycles. The third kappa shape index (κ3) is 6.25. The molecule has 0 unspecified atom stereocenters. The summed E-state index contributed by atoms with van der Waals surface area (Å²) >= 11 is 1.76. The molecule has 168 valence electrons. The zero-order valence-electron chi connectivity index (χ0n) is 19.2. The van der Waals surface area contributed by atoms with Gasteiger partial charge >= 0.3 is 0 Å². The summed E-state index contributed by atoms with van der Waals surface area (Å²) in [4.78, 5) is 18.5. The van der Waals surface area contributed by atoms with E-state index in [1.165, 1.54) is 21.7 Å². The first-order chi connectivity index (χ1) is 15.1. The van der Waals surface area contributed by atoms with Crippen LogP contribution in [0.5, 0.6) is 0 Å². The molecule has 1 heterocycles. The Balaban J connectivity index is 1.62. The predicted molar refractivity (Wildman–Crippen MR) is 132 cm³/mol. The fourth-order valence-electron chi connectivity index (χ4n) is 4.31. The van der Waals surface area contributed by atoms with Crippen LogP contribution in [0, 0.1) is 0 Å². The van der Waals surface area contributed by atoms with E-state index in [4.69, 9.17) is 0 Å². The Kier molecular flexibility index (Phi) is 8.81. The summed E-state index contributed by atoms with van der Waals surface area (Å²) in [5.74, 6) is 0.105. The van der Waals surface area contributed by atoms with E-state index in [-0.39, 0.29) is 11.9 Å². The number of hydrogen-bond donors (Lipinski definition) is 2. The van der Waals surface area contributed by atoms with Gasteiger partial charge in [-0.15, -0.1) is 11.8 Å². The van der Waals surface area contributed by atoms with Crippen LogP contribution in [0.4, 0.5) is 5.69 Å². The second kappa shape index (κ2) is 11.6. The van der Waals surface area contributed by atoms with Gasteiger partial charge < -0.3 is 15.5 Å². The largest absolute Gasteiger partial charge is 0.372 e. The van der Waals surface area contributed by atoms with Gasteiger partial charge in [0.15, 0.2) is 0 Å². The highest BCUT2D eigenvalue weighted by Crippen LogP contribution is 2.23. The molecule has 1 saturated heterocycles. The molecule has 6 heteroatoms. The summed E-state index contributed by atoms with van der Waals surface area (Å²) in [6.45, 7) is 8.87. The Hall–Kier alpha value is -2.02. The molecule has 2 aromatic rings. The Morgan fingerprint density at radius 2 is 1.71 bits per heavy atom. The van der Waals surface area contributed by atoms with E-state index < -0.39 is 0 Å². The van der Waals surface area contributed by atoms with Crippen molar-refractivity contribution in [3.05, 3.63) is 59.7 Å². The van der Waals surface area contributed by atoms with Crippen LogP contribution in [0.15, 0.2) is 53.4 Å². The smallest absolute Gasteiger partial charge is 0.237 e. The number of nitrogens with zero attached hydrogens (tertiary/aromatic N) is 2. The van der Waals surface area contributed by atoms with Gasteiger partial charge in [0.05, 0.1) is 6.04 Å². The highest BCUT2D eigenvalue weighted by atomic mass is 32.2. The van der Waals surface area contributed by atoms with Crippen molar-refractivity contribution in [1.29, 1.82) is 0 Å². The summed E-state index contributed by atoms with van der Waals surface area (Å²) in [5.41, 5.74) is 3.78. The molecule has 0 saturated carbocycles. The molecule has 1 aliphatic heterocycles. The maximum atomic E-state index is 12.5. The minimum absolute atomic E-state index is 0.0937. The van der Waals surface area contributed by atoms with Crippen LogP contribution in [0.3, 0.4) is 0 Å². The van der Waals surface area contributed by atoms with Gasteiger partial charge in [-0.2, -0.15) is 0 Å². The average Bonchev–Trinajstić information content (AvgIpc) is 3.22. The van der Waals surface area contributed by atoms with Gasteiger partial charge in [-0.1, -0.05) is 24.3 Å². The third-order valence-corrected chi connectivity index (χ3v) is 6.90. The van der Waals surface area contributed by atoms with Crippen LogP contribution in [0.2, 0.25) is 0 Å². The Morgan fingerprint density at radius 1 is 1.06 bits per heavy atom. The molecular formula is C25H36N4OS. The zero-order valence-corrected chi connectivity index (χ0v) is 20.0. The molecule has 3 rings (SSSR count). The number of carbonyl (C=O) groups is 1. The number of hydrogen-bond acceptors (Lipinski definition) is 5. The molecule has 2 atom stereocenters. The second-order valence-corrected chi connectivity index (χ2v) is 8.94. The highest BCUT2D eigenvalue weighted by Gasteiger charge is 2.36. The van der Waals surface area contributed by atoms with Crippen molar-refractivity contribution >= 4 is 23.4 Å². The first kappa shape index (κ1) is 23.6. The van der Waals surface area contributed by atoms with Crippen molar-refractivity contribution in [3.8, 4) is 0 Å². The number of nitrogens with one attached hydrogen (secondary N) is 2. The molecule has 1 amide bonds. The fraction of sp³-hybridized carbons (Fsp3) is 0.480. The third-order valence-electron chi connectivity index (χ3n) is 6.16. The number of benzene rings is 2. The Morgan fingerprint density at radius 3 is 2.29 bits per heavy atom. The molecule has 31 heavy (non-hydrogen) atoms. The van der Waals surface area contributed by atoms with Crippen molar-refractivity contribution in [2.45, 2.75) is 50.3 Å². The van der Waals surface area contributed by atoms with Crippen LogP contribution in [0.25, 0.3) is 0 Å². The first-order valence-corrected chi connectivity index (χ1v) is 12.5. The topological polar surface area (TPSA) is 47.6 Å². The molecular weight excluding hydrogens is 404 g/mol. The molecule has 0 radical (unpaired) electrons. The van der Waals surface area contributed by atoms with E-state index in [0.717, 1.165) is 39.1 Å². The molecule has 0 aromatic heterocycles. The number of amides is 1. The minimum atomic E-state index is -0.0937. The summed E-state index contributed by atoms with van der Waals surface area (Å²) in [6, 6.07) is 17.7. The minimum Gasteiger partial charge on any atom is -0.372 e. The van der Waals surface area contributed by atoms with E-state index in [9.17, 15) is 4.79 Å². The predicted octanol–water partition coefficient (Wildman–Crippen LogP) is 3.73.